The van der Waals surface area contributed by atoms with Crippen molar-refractivity contribution in [1.29, 1.82) is 0 Å². The van der Waals surface area contributed by atoms with E-state index in [0.29, 0.717) is 23.1 Å². The van der Waals surface area contributed by atoms with Gasteiger partial charge in [0, 0.05) is 23.8 Å². The second kappa shape index (κ2) is 8.09. The molecule has 0 aliphatic rings. The molecule has 0 aliphatic carbocycles. The Hall–Kier alpha value is -4.40. The molecule has 4 rings (SSSR count). The largest absolute Gasteiger partial charge is 0.457 e. The summed E-state index contributed by atoms with van der Waals surface area (Å²) in [6, 6.07) is 18.5. The second-order valence-electron chi connectivity index (χ2n) is 6.00. The van der Waals surface area contributed by atoms with E-state index in [1.807, 2.05) is 48.5 Å². The monoisotopic (exact) mass is 386 g/mol. The number of aromatic nitrogens is 4. The van der Waals surface area contributed by atoms with Gasteiger partial charge in [-0.15, -0.1) is 0 Å². The van der Waals surface area contributed by atoms with Crippen molar-refractivity contribution in [2.24, 2.45) is 0 Å². The molecule has 2 aromatic carbocycles. The third kappa shape index (κ3) is 4.86. The third-order valence-corrected chi connectivity index (χ3v) is 3.84. The maximum absolute atomic E-state index is 5.88. The maximum atomic E-state index is 5.88. The number of nitrogens with two attached hydrogens (primary N) is 2. The van der Waals surface area contributed by atoms with Gasteiger partial charge in [0.2, 0.25) is 11.9 Å². The van der Waals surface area contributed by atoms with Crippen LogP contribution in [0.5, 0.6) is 11.5 Å². The Bertz CT molecular complexity index is 1010. The number of rotatable bonds is 6. The molecule has 0 amide bonds. The average Bonchev–Trinajstić information content (AvgIpc) is 2.71. The summed E-state index contributed by atoms with van der Waals surface area (Å²) < 4.78 is 5.88. The highest BCUT2D eigenvalue weighted by molar-refractivity contribution is 5.59. The van der Waals surface area contributed by atoms with E-state index in [0.717, 1.165) is 11.4 Å². The zero-order valence-corrected chi connectivity index (χ0v) is 15.3. The number of nitrogens with one attached hydrogen (secondary N) is 2. The number of hydrogen-bond acceptors (Lipinski definition) is 9. The molecule has 144 valence electrons. The van der Waals surface area contributed by atoms with Gasteiger partial charge in [0.1, 0.15) is 23.1 Å². The van der Waals surface area contributed by atoms with E-state index in [-0.39, 0.29) is 11.9 Å². The maximum Gasteiger partial charge on any atom is 0.221 e. The van der Waals surface area contributed by atoms with Gasteiger partial charge >= 0.3 is 0 Å². The molecule has 0 saturated heterocycles. The topological polar surface area (TPSA) is 137 Å². The summed E-state index contributed by atoms with van der Waals surface area (Å²) in [7, 11) is 0. The average molecular weight is 386 g/mol. The molecule has 0 radical (unpaired) electrons. The molecule has 0 aliphatic heterocycles. The highest BCUT2D eigenvalue weighted by Gasteiger charge is 2.02. The van der Waals surface area contributed by atoms with Gasteiger partial charge < -0.3 is 26.8 Å². The number of ether oxygens (including phenoxy) is 1. The zero-order chi connectivity index (χ0) is 20.1. The van der Waals surface area contributed by atoms with Gasteiger partial charge in [0.25, 0.3) is 0 Å². The highest BCUT2D eigenvalue weighted by Crippen LogP contribution is 2.26. The van der Waals surface area contributed by atoms with E-state index in [4.69, 9.17) is 16.2 Å². The van der Waals surface area contributed by atoms with E-state index in [9.17, 15) is 0 Å². The molecule has 29 heavy (non-hydrogen) atoms. The Morgan fingerprint density at radius 2 is 1.00 bits per heavy atom. The molecular weight excluding hydrogens is 368 g/mol. The molecule has 9 nitrogen and oxygen atoms in total. The summed E-state index contributed by atoms with van der Waals surface area (Å²) in [5.74, 6) is 3.11. The van der Waals surface area contributed by atoms with Crippen molar-refractivity contribution in [3.8, 4) is 11.5 Å². The van der Waals surface area contributed by atoms with E-state index >= 15 is 0 Å². The molecule has 2 aromatic heterocycles. The van der Waals surface area contributed by atoms with Crippen molar-refractivity contribution >= 4 is 34.9 Å². The smallest absolute Gasteiger partial charge is 0.221 e. The van der Waals surface area contributed by atoms with E-state index in [2.05, 4.69) is 30.6 Å². The minimum atomic E-state index is 0.219. The van der Waals surface area contributed by atoms with Crippen LogP contribution in [0.25, 0.3) is 0 Å². The first-order valence-corrected chi connectivity index (χ1v) is 8.73. The fourth-order valence-corrected chi connectivity index (χ4v) is 2.53. The van der Waals surface area contributed by atoms with Crippen molar-refractivity contribution in [2.75, 3.05) is 22.1 Å². The fourth-order valence-electron chi connectivity index (χ4n) is 2.53. The standard InChI is InChI=1S/C20H18N8O/c21-19-23-11-9-17(27-19)25-13-1-5-15(6-2-13)29-16-7-3-14(4-8-16)26-18-10-12-24-20(22)28-18/h1-12H,(H3,21,23,25,27)(H3,22,24,26,28). The van der Waals surface area contributed by atoms with E-state index in [1.165, 1.54) is 0 Å². The number of anilines is 6. The molecule has 0 unspecified atom stereocenters. The zero-order valence-electron chi connectivity index (χ0n) is 15.3. The number of benzene rings is 2. The van der Waals surface area contributed by atoms with Crippen LogP contribution in [0.15, 0.2) is 73.1 Å². The van der Waals surface area contributed by atoms with Gasteiger partial charge in [-0.3, -0.25) is 0 Å². The molecule has 0 fully saturated rings. The molecule has 0 spiro atoms. The summed E-state index contributed by atoms with van der Waals surface area (Å²) in [5.41, 5.74) is 12.9. The van der Waals surface area contributed by atoms with Crippen molar-refractivity contribution in [3.63, 3.8) is 0 Å². The Morgan fingerprint density at radius 3 is 1.38 bits per heavy atom. The quantitative estimate of drug-likeness (QED) is 0.391. The van der Waals surface area contributed by atoms with Crippen LogP contribution in [-0.4, -0.2) is 19.9 Å². The summed E-state index contributed by atoms with van der Waals surface area (Å²) in [5, 5.41) is 6.31. The Kier molecular flexibility index (Phi) is 5.02. The van der Waals surface area contributed by atoms with E-state index < -0.39 is 0 Å². The second-order valence-corrected chi connectivity index (χ2v) is 6.00. The molecule has 0 saturated carbocycles. The van der Waals surface area contributed by atoms with Crippen LogP contribution in [0.1, 0.15) is 0 Å². The van der Waals surface area contributed by atoms with Crippen molar-refractivity contribution in [1.82, 2.24) is 19.9 Å². The molecule has 0 bridgehead atoms. The van der Waals surface area contributed by atoms with Gasteiger partial charge in [-0.2, -0.15) is 9.97 Å². The van der Waals surface area contributed by atoms with Crippen molar-refractivity contribution in [3.05, 3.63) is 73.1 Å². The van der Waals surface area contributed by atoms with Crippen molar-refractivity contribution in [2.45, 2.75) is 0 Å². The van der Waals surface area contributed by atoms with Crippen LogP contribution < -0.4 is 26.8 Å². The predicted molar refractivity (Wildman–Crippen MR) is 112 cm³/mol. The first kappa shape index (κ1) is 18.0. The molecule has 9 heteroatoms. The summed E-state index contributed by atoms with van der Waals surface area (Å²) in [6.45, 7) is 0. The number of nitrogens with zero attached hydrogens (tertiary/aromatic N) is 4. The SMILES string of the molecule is Nc1nccc(Nc2ccc(Oc3ccc(Nc4ccnc(N)n4)cc3)cc2)n1. The molecule has 0 atom stereocenters. The van der Waals surface area contributed by atoms with Crippen LogP contribution in [-0.2, 0) is 0 Å². The fraction of sp³-hybridized carbons (Fsp3) is 0. The first-order chi connectivity index (χ1) is 14.1. The lowest BCUT2D eigenvalue weighted by Crippen LogP contribution is -1.99. The summed E-state index contributed by atoms with van der Waals surface area (Å²) in [4.78, 5) is 15.9. The van der Waals surface area contributed by atoms with Gasteiger partial charge in [-0.25, -0.2) is 9.97 Å². The molecular formula is C20H18N8O. The van der Waals surface area contributed by atoms with Crippen LogP contribution in [0, 0.1) is 0 Å². The lowest BCUT2D eigenvalue weighted by atomic mass is 10.2. The number of nitrogen functional groups attached to an aromatic ring is 2. The van der Waals surface area contributed by atoms with Gasteiger partial charge in [-0.05, 0) is 60.7 Å². The predicted octanol–water partition coefficient (Wildman–Crippen LogP) is 3.71. The van der Waals surface area contributed by atoms with Crippen LogP contribution in [0.2, 0.25) is 0 Å². The van der Waals surface area contributed by atoms with Gasteiger partial charge in [0.05, 0.1) is 0 Å². The third-order valence-electron chi connectivity index (χ3n) is 3.84. The summed E-state index contributed by atoms with van der Waals surface area (Å²) in [6.07, 6.45) is 3.20. The van der Waals surface area contributed by atoms with Crippen LogP contribution in [0.3, 0.4) is 0 Å². The Morgan fingerprint density at radius 1 is 0.586 bits per heavy atom. The summed E-state index contributed by atoms with van der Waals surface area (Å²) >= 11 is 0. The Labute approximate surface area is 166 Å². The lowest BCUT2D eigenvalue weighted by molar-refractivity contribution is 0.483. The molecule has 2 heterocycles. The van der Waals surface area contributed by atoms with Crippen molar-refractivity contribution < 1.29 is 4.74 Å². The highest BCUT2D eigenvalue weighted by atomic mass is 16.5. The van der Waals surface area contributed by atoms with Gasteiger partial charge in [0.15, 0.2) is 0 Å². The molecule has 4 aromatic rings. The Balaban J connectivity index is 1.37. The minimum absolute atomic E-state index is 0.219. The van der Waals surface area contributed by atoms with Crippen LogP contribution >= 0.6 is 0 Å². The van der Waals surface area contributed by atoms with Gasteiger partial charge in [-0.1, -0.05) is 0 Å². The first-order valence-electron chi connectivity index (χ1n) is 8.73. The normalized spacial score (nSPS) is 10.3. The van der Waals surface area contributed by atoms with Crippen LogP contribution in [0.4, 0.5) is 34.9 Å². The minimum Gasteiger partial charge on any atom is -0.457 e. The number of hydrogen-bond donors (Lipinski definition) is 4. The lowest BCUT2D eigenvalue weighted by Gasteiger charge is -2.10. The van der Waals surface area contributed by atoms with E-state index in [1.54, 1.807) is 24.5 Å². The molecule has 6 N–H and O–H groups in total.